The molecule has 0 bridgehead atoms. The molecule has 6 heteroatoms. The van der Waals surface area contributed by atoms with Crippen molar-refractivity contribution in [2.45, 2.75) is 19.8 Å². The van der Waals surface area contributed by atoms with Crippen LogP contribution in [0.1, 0.15) is 19.0 Å². The predicted molar refractivity (Wildman–Crippen MR) is 75.7 cm³/mol. The molecule has 0 aromatic carbocycles. The van der Waals surface area contributed by atoms with Gasteiger partial charge in [-0.3, -0.25) is 4.79 Å². The van der Waals surface area contributed by atoms with Crippen LogP contribution in [0.15, 0.2) is 5.38 Å². The molecule has 0 spiro atoms. The molecule has 0 aliphatic rings. The number of rotatable bonds is 7. The second kappa shape index (κ2) is 7.33. The Morgan fingerprint density at radius 3 is 2.67 bits per heavy atom. The van der Waals surface area contributed by atoms with Gasteiger partial charge in [-0.1, -0.05) is 0 Å². The maximum Gasteiger partial charge on any atom is 0.228 e. The number of anilines is 1. The van der Waals surface area contributed by atoms with Crippen LogP contribution in [-0.4, -0.2) is 54.4 Å². The molecule has 0 unspecified atom stereocenters. The van der Waals surface area contributed by atoms with Gasteiger partial charge >= 0.3 is 0 Å². The molecule has 0 radical (unpaired) electrons. The normalized spacial score (nSPS) is 10.9. The number of nitrogens with two attached hydrogens (primary N) is 1. The highest BCUT2D eigenvalue weighted by molar-refractivity contribution is 7.13. The van der Waals surface area contributed by atoms with Crippen molar-refractivity contribution in [2.24, 2.45) is 0 Å². The molecule has 0 aliphatic carbocycles. The van der Waals surface area contributed by atoms with E-state index in [0.29, 0.717) is 11.6 Å². The molecule has 0 saturated carbocycles. The molecular weight excluding hydrogens is 248 g/mol. The van der Waals surface area contributed by atoms with Gasteiger partial charge in [-0.05, 0) is 34.0 Å². The van der Waals surface area contributed by atoms with Crippen LogP contribution in [0.3, 0.4) is 0 Å². The fraction of sp³-hybridized carbons (Fsp3) is 0.667. The van der Waals surface area contributed by atoms with Crippen LogP contribution >= 0.6 is 11.3 Å². The van der Waals surface area contributed by atoms with E-state index in [9.17, 15) is 4.79 Å². The van der Waals surface area contributed by atoms with Crippen molar-refractivity contribution in [3.63, 3.8) is 0 Å². The molecule has 18 heavy (non-hydrogen) atoms. The van der Waals surface area contributed by atoms with Gasteiger partial charge < -0.3 is 15.5 Å². The molecule has 2 N–H and O–H groups in total. The number of nitrogen functional groups attached to an aromatic ring is 1. The summed E-state index contributed by atoms with van der Waals surface area (Å²) in [6.07, 6.45) is 1.34. The first-order valence-corrected chi connectivity index (χ1v) is 7.03. The average molecular weight is 270 g/mol. The largest absolute Gasteiger partial charge is 0.375 e. The van der Waals surface area contributed by atoms with E-state index in [4.69, 9.17) is 5.73 Å². The number of thiazole rings is 1. The summed E-state index contributed by atoms with van der Waals surface area (Å²) in [5.74, 6) is 0.126. The maximum absolute atomic E-state index is 12.1. The first kappa shape index (κ1) is 14.9. The van der Waals surface area contributed by atoms with Gasteiger partial charge in [-0.2, -0.15) is 0 Å². The Balaban J connectivity index is 2.41. The predicted octanol–water partition coefficient (Wildman–Crippen LogP) is 1.07. The standard InChI is InChI=1S/C12H22N4OS/c1-4-16(7-5-6-15(2)3)11(17)8-10-9-18-12(13)14-10/h9H,4-8H2,1-3H3,(H2,13,14). The van der Waals surface area contributed by atoms with Crippen LogP contribution in [0, 0.1) is 0 Å². The first-order chi connectivity index (χ1) is 8.52. The van der Waals surface area contributed by atoms with Gasteiger partial charge in [-0.25, -0.2) is 4.98 Å². The summed E-state index contributed by atoms with van der Waals surface area (Å²) in [7, 11) is 4.08. The summed E-state index contributed by atoms with van der Waals surface area (Å²) in [6.45, 7) is 4.54. The molecule has 0 saturated heterocycles. The Kier molecular flexibility index (Phi) is 6.07. The molecular formula is C12H22N4OS. The maximum atomic E-state index is 12.1. The van der Waals surface area contributed by atoms with E-state index in [1.807, 2.05) is 31.3 Å². The number of carbonyl (C=O) groups excluding carboxylic acids is 1. The third-order valence-electron chi connectivity index (χ3n) is 2.67. The van der Waals surface area contributed by atoms with Gasteiger partial charge in [0.15, 0.2) is 5.13 Å². The highest BCUT2D eigenvalue weighted by Gasteiger charge is 2.13. The van der Waals surface area contributed by atoms with Crippen LogP contribution in [0.25, 0.3) is 0 Å². The molecule has 0 aliphatic heterocycles. The van der Waals surface area contributed by atoms with Gasteiger partial charge in [-0.15, -0.1) is 11.3 Å². The van der Waals surface area contributed by atoms with E-state index in [1.165, 1.54) is 11.3 Å². The summed E-state index contributed by atoms with van der Waals surface area (Å²) in [5.41, 5.74) is 6.33. The number of aromatic nitrogens is 1. The van der Waals surface area contributed by atoms with E-state index in [2.05, 4.69) is 9.88 Å². The number of hydrogen-bond donors (Lipinski definition) is 1. The molecule has 1 amide bonds. The third-order valence-corrected chi connectivity index (χ3v) is 3.39. The Bertz CT molecular complexity index is 378. The molecule has 1 aromatic rings. The highest BCUT2D eigenvalue weighted by Crippen LogP contribution is 2.12. The first-order valence-electron chi connectivity index (χ1n) is 6.15. The molecule has 0 fully saturated rings. The zero-order chi connectivity index (χ0) is 13.5. The van der Waals surface area contributed by atoms with Gasteiger partial charge in [0.05, 0.1) is 12.1 Å². The van der Waals surface area contributed by atoms with Crippen molar-refractivity contribution < 1.29 is 4.79 Å². The number of amides is 1. The molecule has 1 rings (SSSR count). The lowest BCUT2D eigenvalue weighted by atomic mass is 10.2. The van der Waals surface area contributed by atoms with Crippen molar-refractivity contribution in [1.29, 1.82) is 0 Å². The quantitative estimate of drug-likeness (QED) is 0.805. The zero-order valence-electron chi connectivity index (χ0n) is 11.3. The van der Waals surface area contributed by atoms with E-state index in [-0.39, 0.29) is 5.91 Å². The second-order valence-electron chi connectivity index (χ2n) is 4.48. The molecule has 0 atom stereocenters. The lowest BCUT2D eigenvalue weighted by molar-refractivity contribution is -0.130. The summed E-state index contributed by atoms with van der Waals surface area (Å²) >= 11 is 1.38. The van der Waals surface area contributed by atoms with Crippen molar-refractivity contribution in [2.75, 3.05) is 39.5 Å². The number of hydrogen-bond acceptors (Lipinski definition) is 5. The Morgan fingerprint density at radius 2 is 2.17 bits per heavy atom. The fourth-order valence-corrected chi connectivity index (χ4v) is 2.27. The van der Waals surface area contributed by atoms with Crippen molar-refractivity contribution in [1.82, 2.24) is 14.8 Å². The zero-order valence-corrected chi connectivity index (χ0v) is 12.2. The van der Waals surface area contributed by atoms with Crippen LogP contribution in [-0.2, 0) is 11.2 Å². The molecule has 5 nitrogen and oxygen atoms in total. The number of likely N-dealkylation sites (N-methyl/N-ethyl adjacent to an activating group) is 1. The van der Waals surface area contributed by atoms with Gasteiger partial charge in [0.25, 0.3) is 0 Å². The molecule has 102 valence electrons. The monoisotopic (exact) mass is 270 g/mol. The third kappa shape index (κ3) is 5.01. The van der Waals surface area contributed by atoms with Crippen LogP contribution in [0.2, 0.25) is 0 Å². The minimum atomic E-state index is 0.126. The second-order valence-corrected chi connectivity index (χ2v) is 5.37. The van der Waals surface area contributed by atoms with E-state index in [0.717, 1.165) is 31.7 Å². The molecule has 1 aromatic heterocycles. The minimum Gasteiger partial charge on any atom is -0.375 e. The summed E-state index contributed by atoms with van der Waals surface area (Å²) < 4.78 is 0. The number of carbonyl (C=O) groups is 1. The van der Waals surface area contributed by atoms with Gasteiger partial charge in [0.1, 0.15) is 0 Å². The summed E-state index contributed by atoms with van der Waals surface area (Å²) in [4.78, 5) is 20.2. The SMILES string of the molecule is CCN(CCCN(C)C)C(=O)Cc1csc(N)n1. The topological polar surface area (TPSA) is 62.5 Å². The average Bonchev–Trinajstić information content (AvgIpc) is 2.69. The van der Waals surface area contributed by atoms with Crippen molar-refractivity contribution in [3.8, 4) is 0 Å². The highest BCUT2D eigenvalue weighted by atomic mass is 32.1. The number of nitrogens with zero attached hydrogens (tertiary/aromatic N) is 3. The lowest BCUT2D eigenvalue weighted by Crippen LogP contribution is -2.34. The van der Waals surface area contributed by atoms with E-state index in [1.54, 1.807) is 0 Å². The summed E-state index contributed by atoms with van der Waals surface area (Å²) in [5, 5.41) is 2.37. The van der Waals surface area contributed by atoms with E-state index < -0.39 is 0 Å². The van der Waals surface area contributed by atoms with Crippen molar-refractivity contribution in [3.05, 3.63) is 11.1 Å². The lowest BCUT2D eigenvalue weighted by Gasteiger charge is -2.21. The van der Waals surface area contributed by atoms with Crippen LogP contribution < -0.4 is 5.73 Å². The fourth-order valence-electron chi connectivity index (χ4n) is 1.71. The van der Waals surface area contributed by atoms with Gasteiger partial charge in [0, 0.05) is 18.5 Å². The summed E-state index contributed by atoms with van der Waals surface area (Å²) in [6, 6.07) is 0. The van der Waals surface area contributed by atoms with Crippen molar-refractivity contribution >= 4 is 22.4 Å². The van der Waals surface area contributed by atoms with E-state index >= 15 is 0 Å². The van der Waals surface area contributed by atoms with Crippen LogP contribution in [0.5, 0.6) is 0 Å². The van der Waals surface area contributed by atoms with Crippen LogP contribution in [0.4, 0.5) is 5.13 Å². The molecule has 1 heterocycles. The smallest absolute Gasteiger partial charge is 0.228 e. The Morgan fingerprint density at radius 1 is 1.44 bits per heavy atom. The Labute approximate surface area is 113 Å². The minimum absolute atomic E-state index is 0.126. The van der Waals surface area contributed by atoms with Gasteiger partial charge in [0.2, 0.25) is 5.91 Å². The Hall–Kier alpha value is -1.14.